The number of hydrogen-bond donors (Lipinski definition) is 0. The molecule has 2 aliphatic heterocycles. The molecule has 1 fully saturated rings. The molecule has 0 saturated carbocycles. The number of carbonyl (C=O) groups excluding carboxylic acids is 1. The van der Waals surface area contributed by atoms with Gasteiger partial charge in [-0.25, -0.2) is 4.99 Å². The van der Waals surface area contributed by atoms with E-state index in [2.05, 4.69) is 4.99 Å². The first-order valence-electron chi connectivity index (χ1n) is 10.3. The largest absolute Gasteiger partial charge is 0.454 e. The highest BCUT2D eigenvalue weighted by molar-refractivity contribution is 6.04. The van der Waals surface area contributed by atoms with Gasteiger partial charge in [-0.1, -0.05) is 25.5 Å². The second-order valence-electron chi connectivity index (χ2n) is 8.18. The minimum absolute atomic E-state index is 0.0776. The fourth-order valence-electron chi connectivity index (χ4n) is 3.81. The molecular formula is C23H24F3N3O2. The Hall–Kier alpha value is -3.03. The van der Waals surface area contributed by atoms with Gasteiger partial charge in [-0.05, 0) is 37.3 Å². The summed E-state index contributed by atoms with van der Waals surface area (Å²) in [5, 5.41) is 0. The molecule has 0 aromatic heterocycles. The lowest BCUT2D eigenvalue weighted by atomic mass is 10.1. The number of aryl methyl sites for hydroxylation is 1. The Balaban J connectivity index is 1.74. The summed E-state index contributed by atoms with van der Waals surface area (Å²) in [6, 6.07) is 8.97. The van der Waals surface area contributed by atoms with Gasteiger partial charge in [-0.3, -0.25) is 4.79 Å². The molecule has 2 aliphatic rings. The maximum atomic E-state index is 13.3. The Morgan fingerprint density at radius 1 is 1.03 bits per heavy atom. The molecule has 0 N–H and O–H groups in total. The highest BCUT2D eigenvalue weighted by Gasteiger charge is 2.33. The lowest BCUT2D eigenvalue weighted by molar-refractivity contribution is -0.137. The highest BCUT2D eigenvalue weighted by Crippen LogP contribution is 2.42. The van der Waals surface area contributed by atoms with Gasteiger partial charge in [0.25, 0.3) is 0 Å². The van der Waals surface area contributed by atoms with Crippen molar-refractivity contribution in [1.29, 1.82) is 0 Å². The zero-order chi connectivity index (χ0) is 22.3. The van der Waals surface area contributed by atoms with E-state index in [0.717, 1.165) is 23.3 Å². The smallest absolute Gasteiger partial charge is 0.416 e. The Morgan fingerprint density at radius 3 is 2.35 bits per heavy atom. The lowest BCUT2D eigenvalue weighted by Gasteiger charge is -2.37. The first-order chi connectivity index (χ1) is 14.6. The molecule has 0 aliphatic carbocycles. The van der Waals surface area contributed by atoms with Crippen LogP contribution in [0, 0.1) is 12.8 Å². The predicted molar refractivity (Wildman–Crippen MR) is 112 cm³/mol. The van der Waals surface area contributed by atoms with E-state index in [1.54, 1.807) is 0 Å². The predicted octanol–water partition coefficient (Wildman–Crippen LogP) is 5.00. The van der Waals surface area contributed by atoms with Gasteiger partial charge in [0.1, 0.15) is 17.3 Å². The number of nitrogens with zero attached hydrogens (tertiary/aromatic N) is 3. The first kappa shape index (κ1) is 21.2. The van der Waals surface area contributed by atoms with Crippen LogP contribution in [0.1, 0.15) is 30.5 Å². The monoisotopic (exact) mass is 431 g/mol. The lowest BCUT2D eigenvalue weighted by Crippen LogP contribution is -2.51. The van der Waals surface area contributed by atoms with Crippen LogP contribution in [0.25, 0.3) is 0 Å². The second kappa shape index (κ2) is 7.90. The molecule has 1 amide bonds. The van der Waals surface area contributed by atoms with Crippen LogP contribution in [-0.2, 0) is 11.0 Å². The molecule has 5 nitrogen and oxygen atoms in total. The number of rotatable bonds is 1. The van der Waals surface area contributed by atoms with Crippen molar-refractivity contribution < 1.29 is 22.7 Å². The summed E-state index contributed by atoms with van der Waals surface area (Å²) in [4.78, 5) is 20.8. The molecule has 0 spiro atoms. The third kappa shape index (κ3) is 4.24. The van der Waals surface area contributed by atoms with E-state index in [4.69, 9.17) is 4.74 Å². The van der Waals surface area contributed by atoms with Crippen LogP contribution >= 0.6 is 0 Å². The first-order valence-corrected chi connectivity index (χ1v) is 10.3. The molecule has 164 valence electrons. The average molecular weight is 431 g/mol. The standard InChI is InChI=1S/C23H24F3N3O2/c1-14(2)22(30)29-10-8-28(9-11-29)21-17-12-15(3)4-6-19(17)31-20-7-5-16(23(24,25)26)13-18(20)27-21/h4-7,12-14H,8-11H2,1-3H3. The van der Waals surface area contributed by atoms with E-state index in [9.17, 15) is 18.0 Å². The Morgan fingerprint density at radius 2 is 1.71 bits per heavy atom. The quantitative estimate of drug-likeness (QED) is 0.639. The fourth-order valence-corrected chi connectivity index (χ4v) is 3.81. The van der Waals surface area contributed by atoms with Gasteiger partial charge in [0.15, 0.2) is 5.75 Å². The van der Waals surface area contributed by atoms with Gasteiger partial charge in [0.05, 0.1) is 11.1 Å². The molecule has 4 rings (SSSR count). The van der Waals surface area contributed by atoms with Crippen molar-refractivity contribution in [3.63, 3.8) is 0 Å². The zero-order valence-corrected chi connectivity index (χ0v) is 17.7. The number of fused-ring (bicyclic) bond motifs is 2. The number of alkyl halides is 3. The molecule has 0 unspecified atom stereocenters. The van der Waals surface area contributed by atoms with Gasteiger partial charge < -0.3 is 14.5 Å². The van der Waals surface area contributed by atoms with Crippen molar-refractivity contribution in [2.24, 2.45) is 10.9 Å². The van der Waals surface area contributed by atoms with E-state index in [1.807, 2.05) is 48.8 Å². The molecule has 1 saturated heterocycles. The summed E-state index contributed by atoms with van der Waals surface area (Å²) >= 11 is 0. The minimum Gasteiger partial charge on any atom is -0.454 e. The van der Waals surface area contributed by atoms with Crippen molar-refractivity contribution in [2.75, 3.05) is 26.2 Å². The van der Waals surface area contributed by atoms with Crippen molar-refractivity contribution >= 4 is 17.4 Å². The number of piperazine rings is 1. The number of benzene rings is 2. The van der Waals surface area contributed by atoms with Gasteiger partial charge in [0, 0.05) is 32.1 Å². The van der Waals surface area contributed by atoms with Crippen LogP contribution in [0.15, 0.2) is 41.4 Å². The third-order valence-electron chi connectivity index (χ3n) is 5.49. The number of amidine groups is 1. The van der Waals surface area contributed by atoms with Crippen molar-refractivity contribution in [3.8, 4) is 11.5 Å². The van der Waals surface area contributed by atoms with E-state index < -0.39 is 11.7 Å². The van der Waals surface area contributed by atoms with Crippen LogP contribution in [0.4, 0.5) is 18.9 Å². The van der Waals surface area contributed by atoms with Gasteiger partial charge >= 0.3 is 6.18 Å². The fraction of sp³-hybridized carbons (Fsp3) is 0.391. The topological polar surface area (TPSA) is 45.1 Å². The summed E-state index contributed by atoms with van der Waals surface area (Å²) in [5.41, 5.74) is 1.09. The van der Waals surface area contributed by atoms with Gasteiger partial charge in [-0.2, -0.15) is 13.2 Å². The van der Waals surface area contributed by atoms with Crippen LogP contribution in [0.5, 0.6) is 11.5 Å². The zero-order valence-electron chi connectivity index (χ0n) is 17.7. The molecule has 0 atom stereocenters. The summed E-state index contributed by atoms with van der Waals surface area (Å²) in [7, 11) is 0. The normalized spacial score (nSPS) is 16.3. The summed E-state index contributed by atoms with van der Waals surface area (Å²) < 4.78 is 45.8. The molecule has 0 bridgehead atoms. The Bertz CT molecular complexity index is 1040. The minimum atomic E-state index is -4.47. The maximum absolute atomic E-state index is 13.3. The van der Waals surface area contributed by atoms with E-state index >= 15 is 0 Å². The number of hydrogen-bond acceptors (Lipinski definition) is 4. The number of halogens is 3. The highest BCUT2D eigenvalue weighted by atomic mass is 19.4. The summed E-state index contributed by atoms with van der Waals surface area (Å²) in [6.45, 7) is 7.83. The number of amides is 1. The van der Waals surface area contributed by atoms with E-state index in [1.165, 1.54) is 6.07 Å². The Labute approximate surface area is 179 Å². The summed E-state index contributed by atoms with van der Waals surface area (Å²) in [6.07, 6.45) is -4.47. The molecule has 0 radical (unpaired) electrons. The van der Waals surface area contributed by atoms with Crippen molar-refractivity contribution in [1.82, 2.24) is 9.80 Å². The maximum Gasteiger partial charge on any atom is 0.416 e. The van der Waals surface area contributed by atoms with Gasteiger partial charge in [0.2, 0.25) is 5.91 Å². The van der Waals surface area contributed by atoms with Crippen LogP contribution < -0.4 is 4.74 Å². The Kier molecular flexibility index (Phi) is 5.41. The second-order valence-corrected chi connectivity index (χ2v) is 8.18. The molecular weight excluding hydrogens is 407 g/mol. The average Bonchev–Trinajstić information content (AvgIpc) is 2.88. The summed E-state index contributed by atoms with van der Waals surface area (Å²) in [5.74, 6) is 1.41. The van der Waals surface area contributed by atoms with E-state index in [0.29, 0.717) is 37.8 Å². The number of carbonyl (C=O) groups is 1. The van der Waals surface area contributed by atoms with Crippen LogP contribution in [-0.4, -0.2) is 47.7 Å². The molecule has 2 aromatic carbocycles. The number of ether oxygens (including phenoxy) is 1. The number of aliphatic imine (C=N–C) groups is 1. The third-order valence-corrected chi connectivity index (χ3v) is 5.49. The van der Waals surface area contributed by atoms with Gasteiger partial charge in [-0.15, -0.1) is 0 Å². The molecule has 2 heterocycles. The SMILES string of the molecule is Cc1ccc2c(c1)C(N1CCN(C(=O)C(C)C)CC1)=Nc1cc(C(F)(F)F)ccc1O2. The molecule has 8 heteroatoms. The van der Waals surface area contributed by atoms with E-state index in [-0.39, 0.29) is 23.3 Å². The van der Waals surface area contributed by atoms with Crippen molar-refractivity contribution in [3.05, 3.63) is 53.1 Å². The van der Waals surface area contributed by atoms with Crippen LogP contribution in [0.2, 0.25) is 0 Å². The van der Waals surface area contributed by atoms with Crippen molar-refractivity contribution in [2.45, 2.75) is 26.9 Å². The molecule has 31 heavy (non-hydrogen) atoms. The van der Waals surface area contributed by atoms with Crippen LogP contribution in [0.3, 0.4) is 0 Å². The molecule has 2 aromatic rings.